The van der Waals surface area contributed by atoms with E-state index in [0.717, 1.165) is 6.42 Å². The lowest BCUT2D eigenvalue weighted by Crippen LogP contribution is -2.33. The Hall–Kier alpha value is -1.91. The Morgan fingerprint density at radius 1 is 1.68 bits per heavy atom. The van der Waals surface area contributed by atoms with Gasteiger partial charge in [0.2, 0.25) is 6.23 Å². The number of nitrogens with zero attached hydrogens (tertiary/aromatic N) is 3. The molecule has 4 atom stereocenters. The minimum Gasteiger partial charge on any atom is -0.383 e. The van der Waals surface area contributed by atoms with Gasteiger partial charge in [0.25, 0.3) is 6.04 Å². The van der Waals surface area contributed by atoms with Gasteiger partial charge in [0.15, 0.2) is 6.10 Å². The van der Waals surface area contributed by atoms with Crippen LogP contribution in [0.4, 0.5) is 5.82 Å². The number of nitrogens with two attached hydrogens (primary N) is 1. The van der Waals surface area contributed by atoms with Crippen LogP contribution in [0.5, 0.6) is 0 Å². The van der Waals surface area contributed by atoms with E-state index in [0.29, 0.717) is 6.42 Å². The van der Waals surface area contributed by atoms with E-state index in [1.165, 1.54) is 16.8 Å². The Balaban J connectivity index is 2.33. The second kappa shape index (κ2) is 5.38. The highest BCUT2D eigenvalue weighted by molar-refractivity contribution is 5.23. The van der Waals surface area contributed by atoms with Crippen LogP contribution in [0, 0.1) is 6.57 Å². The monoisotopic (exact) mass is 264 g/mol. The lowest BCUT2D eigenvalue weighted by atomic mass is 10.1. The molecule has 19 heavy (non-hydrogen) atoms. The number of hydrogen-bond donors (Lipinski definition) is 2. The fourth-order valence-electron chi connectivity index (χ4n) is 2.24. The molecule has 1 fully saturated rings. The van der Waals surface area contributed by atoms with Crippen molar-refractivity contribution in [2.45, 2.75) is 44.2 Å². The summed E-state index contributed by atoms with van der Waals surface area (Å²) in [6.45, 7) is 9.13. The van der Waals surface area contributed by atoms with Crippen LogP contribution in [0.25, 0.3) is 4.85 Å². The molecule has 1 aromatic heterocycles. The maximum atomic E-state index is 11.8. The number of hydrogen-bond acceptors (Lipinski definition) is 5. The van der Waals surface area contributed by atoms with E-state index >= 15 is 0 Å². The highest BCUT2D eigenvalue weighted by Gasteiger charge is 2.49. The zero-order chi connectivity index (χ0) is 14.0. The molecule has 0 spiro atoms. The molecule has 0 aromatic carbocycles. The normalized spacial score (nSPS) is 30.2. The quantitative estimate of drug-likeness (QED) is 0.759. The SMILES string of the molecule is [C-]#[N+]C1C(O)C(CCC)OC1n1ccc(N)nc1=O. The highest BCUT2D eigenvalue weighted by Crippen LogP contribution is 2.32. The van der Waals surface area contributed by atoms with Crippen LogP contribution in [0.1, 0.15) is 26.0 Å². The van der Waals surface area contributed by atoms with Gasteiger partial charge in [-0.25, -0.2) is 11.4 Å². The molecule has 0 saturated carbocycles. The standard InChI is InChI=1S/C12H16N4O3/c1-3-4-7-10(17)9(14-2)11(19-7)16-6-5-8(13)15-12(16)18/h5-7,9-11,17H,3-4H2,1H3,(H2,13,15,18). The van der Waals surface area contributed by atoms with Gasteiger partial charge in [0.05, 0.1) is 6.10 Å². The lowest BCUT2D eigenvalue weighted by molar-refractivity contribution is -0.0246. The smallest absolute Gasteiger partial charge is 0.351 e. The van der Waals surface area contributed by atoms with Crippen LogP contribution >= 0.6 is 0 Å². The fraction of sp³-hybridized carbons (Fsp3) is 0.583. The van der Waals surface area contributed by atoms with Gasteiger partial charge in [-0.05, 0) is 12.5 Å². The van der Waals surface area contributed by atoms with E-state index in [4.69, 9.17) is 17.0 Å². The molecule has 1 aromatic rings. The van der Waals surface area contributed by atoms with Crippen LogP contribution in [-0.2, 0) is 4.74 Å². The zero-order valence-corrected chi connectivity index (χ0v) is 10.6. The van der Waals surface area contributed by atoms with E-state index in [2.05, 4.69) is 9.83 Å². The predicted molar refractivity (Wildman–Crippen MR) is 68.1 cm³/mol. The van der Waals surface area contributed by atoms with Gasteiger partial charge in [-0.15, -0.1) is 0 Å². The summed E-state index contributed by atoms with van der Waals surface area (Å²) >= 11 is 0. The molecular weight excluding hydrogens is 248 g/mol. The topological polar surface area (TPSA) is 94.7 Å². The third kappa shape index (κ3) is 2.45. The number of ether oxygens (including phenoxy) is 1. The number of rotatable bonds is 3. The van der Waals surface area contributed by atoms with Crippen molar-refractivity contribution in [1.82, 2.24) is 9.55 Å². The van der Waals surface area contributed by atoms with Gasteiger partial charge in [-0.2, -0.15) is 4.98 Å². The Labute approximate surface area is 110 Å². The molecule has 1 aliphatic rings. The second-order valence-electron chi connectivity index (χ2n) is 4.51. The van der Waals surface area contributed by atoms with Crippen LogP contribution in [-0.4, -0.2) is 32.9 Å². The van der Waals surface area contributed by atoms with Gasteiger partial charge in [-0.1, -0.05) is 13.3 Å². The van der Waals surface area contributed by atoms with Crippen LogP contribution < -0.4 is 11.4 Å². The first-order valence-corrected chi connectivity index (χ1v) is 6.13. The Bertz CT molecular complexity index is 551. The number of anilines is 1. The van der Waals surface area contributed by atoms with Gasteiger partial charge in [0, 0.05) is 6.20 Å². The molecule has 0 amide bonds. The average Bonchev–Trinajstić information content (AvgIpc) is 2.67. The molecule has 0 aliphatic carbocycles. The zero-order valence-electron chi connectivity index (χ0n) is 10.6. The minimum absolute atomic E-state index is 0.115. The molecule has 7 nitrogen and oxygen atoms in total. The number of aliphatic hydroxyl groups is 1. The summed E-state index contributed by atoms with van der Waals surface area (Å²) in [5.74, 6) is 0.115. The van der Waals surface area contributed by atoms with Crippen molar-refractivity contribution in [2.75, 3.05) is 5.73 Å². The third-order valence-corrected chi connectivity index (χ3v) is 3.19. The van der Waals surface area contributed by atoms with Crippen molar-refractivity contribution < 1.29 is 9.84 Å². The number of nitrogen functional groups attached to an aromatic ring is 1. The molecule has 2 rings (SSSR count). The first-order chi connectivity index (χ1) is 9.08. The van der Waals surface area contributed by atoms with E-state index in [1.807, 2.05) is 6.92 Å². The van der Waals surface area contributed by atoms with Crippen LogP contribution in [0.3, 0.4) is 0 Å². The van der Waals surface area contributed by atoms with Crippen LogP contribution in [0.15, 0.2) is 17.1 Å². The van der Waals surface area contributed by atoms with E-state index in [1.54, 1.807) is 0 Å². The first kappa shape index (κ1) is 13.5. The van der Waals surface area contributed by atoms with E-state index < -0.39 is 30.2 Å². The maximum Gasteiger partial charge on any atom is 0.351 e. The molecule has 0 bridgehead atoms. The summed E-state index contributed by atoms with van der Waals surface area (Å²) in [4.78, 5) is 18.7. The molecule has 3 N–H and O–H groups in total. The molecule has 102 valence electrons. The number of aromatic nitrogens is 2. The van der Waals surface area contributed by atoms with Crippen molar-refractivity contribution in [2.24, 2.45) is 0 Å². The van der Waals surface area contributed by atoms with Crippen molar-refractivity contribution in [3.63, 3.8) is 0 Å². The summed E-state index contributed by atoms with van der Waals surface area (Å²) in [7, 11) is 0. The molecule has 2 heterocycles. The maximum absolute atomic E-state index is 11.8. The summed E-state index contributed by atoms with van der Waals surface area (Å²) in [5, 5.41) is 10.1. The third-order valence-electron chi connectivity index (χ3n) is 3.19. The predicted octanol–water partition coefficient (Wildman–Crippen LogP) is 0.172. The highest BCUT2D eigenvalue weighted by atomic mass is 16.5. The van der Waals surface area contributed by atoms with Gasteiger partial charge in [0.1, 0.15) is 5.82 Å². The molecule has 1 saturated heterocycles. The van der Waals surface area contributed by atoms with Gasteiger partial charge in [-0.3, -0.25) is 4.57 Å². The van der Waals surface area contributed by atoms with Crippen molar-refractivity contribution in [3.8, 4) is 0 Å². The average molecular weight is 264 g/mol. The number of aliphatic hydroxyl groups excluding tert-OH is 1. The molecule has 0 radical (unpaired) electrons. The molecule has 1 aliphatic heterocycles. The molecule has 4 unspecified atom stereocenters. The van der Waals surface area contributed by atoms with E-state index in [-0.39, 0.29) is 5.82 Å². The van der Waals surface area contributed by atoms with Crippen LogP contribution in [0.2, 0.25) is 0 Å². The van der Waals surface area contributed by atoms with Crippen molar-refractivity contribution in [3.05, 3.63) is 34.2 Å². The molecule has 7 heteroatoms. The fourth-order valence-corrected chi connectivity index (χ4v) is 2.24. The summed E-state index contributed by atoms with van der Waals surface area (Å²) < 4.78 is 6.85. The summed E-state index contributed by atoms with van der Waals surface area (Å²) in [6, 6.07) is 0.658. The van der Waals surface area contributed by atoms with Crippen molar-refractivity contribution >= 4 is 5.82 Å². The largest absolute Gasteiger partial charge is 0.383 e. The summed E-state index contributed by atoms with van der Waals surface area (Å²) in [5.41, 5.74) is 4.84. The lowest BCUT2D eigenvalue weighted by Gasteiger charge is -2.14. The minimum atomic E-state index is -0.896. The van der Waals surface area contributed by atoms with Crippen molar-refractivity contribution in [1.29, 1.82) is 0 Å². The Kier molecular flexibility index (Phi) is 3.83. The Morgan fingerprint density at radius 3 is 3.00 bits per heavy atom. The Morgan fingerprint density at radius 2 is 2.42 bits per heavy atom. The second-order valence-corrected chi connectivity index (χ2v) is 4.51. The molecular formula is C12H16N4O3. The summed E-state index contributed by atoms with van der Waals surface area (Å²) in [6.07, 6.45) is 0.763. The first-order valence-electron chi connectivity index (χ1n) is 6.13. The van der Waals surface area contributed by atoms with E-state index in [9.17, 15) is 9.90 Å². The van der Waals surface area contributed by atoms with Gasteiger partial charge < -0.3 is 20.4 Å². The van der Waals surface area contributed by atoms with Gasteiger partial charge >= 0.3 is 5.69 Å².